The van der Waals surface area contributed by atoms with Gasteiger partial charge in [-0.1, -0.05) is 20.8 Å². The van der Waals surface area contributed by atoms with Crippen molar-refractivity contribution in [1.82, 2.24) is 0 Å². The minimum atomic E-state index is 0.539. The molecule has 0 heterocycles. The minimum absolute atomic E-state index is 0.539. The molecule has 0 saturated heterocycles. The van der Waals surface area contributed by atoms with E-state index in [9.17, 15) is 0 Å². The van der Waals surface area contributed by atoms with Gasteiger partial charge in [-0.15, -0.1) is 5.10 Å². The van der Waals surface area contributed by atoms with Gasteiger partial charge in [-0.3, -0.25) is 0 Å². The predicted octanol–water partition coefficient (Wildman–Crippen LogP) is 2.08. The highest BCUT2D eigenvalue weighted by Crippen LogP contribution is 1.89. The van der Waals surface area contributed by atoms with Gasteiger partial charge in [0.1, 0.15) is 0 Å². The first-order chi connectivity index (χ1) is 5.27. The van der Waals surface area contributed by atoms with Crippen molar-refractivity contribution in [2.24, 2.45) is 16.1 Å². The van der Waals surface area contributed by atoms with E-state index in [1.807, 2.05) is 6.92 Å². The third-order valence-electron chi connectivity index (χ3n) is 0.882. The van der Waals surface area contributed by atoms with E-state index in [-0.39, 0.29) is 0 Å². The summed E-state index contributed by atoms with van der Waals surface area (Å²) >= 11 is 0. The second-order valence-corrected chi connectivity index (χ2v) is 2.65. The van der Waals surface area contributed by atoms with E-state index in [0.29, 0.717) is 12.5 Å². The third-order valence-corrected chi connectivity index (χ3v) is 0.882. The van der Waals surface area contributed by atoms with Crippen molar-refractivity contribution in [2.75, 3.05) is 6.61 Å². The molecule has 0 spiro atoms. The van der Waals surface area contributed by atoms with Gasteiger partial charge in [-0.2, -0.15) is 5.10 Å². The van der Waals surface area contributed by atoms with Crippen LogP contribution in [0.5, 0.6) is 0 Å². The van der Waals surface area contributed by atoms with Crippen molar-refractivity contribution in [3.8, 4) is 0 Å². The van der Waals surface area contributed by atoms with Gasteiger partial charge < -0.3 is 4.74 Å². The zero-order valence-corrected chi connectivity index (χ0v) is 7.45. The zero-order valence-electron chi connectivity index (χ0n) is 7.45. The number of nitrogens with zero attached hydrogens (tertiary/aromatic N) is 2. The first-order valence-electron chi connectivity index (χ1n) is 3.92. The summed E-state index contributed by atoms with van der Waals surface area (Å²) in [5.41, 5.74) is 0. The quantitative estimate of drug-likeness (QED) is 0.341. The van der Waals surface area contributed by atoms with Gasteiger partial charge >= 0.3 is 0 Å². The second kappa shape index (κ2) is 7.25. The molecule has 0 unspecified atom stereocenters. The normalized spacial score (nSPS) is 12.0. The fourth-order valence-electron chi connectivity index (χ4n) is 0.425. The predicted molar refractivity (Wildman–Crippen MR) is 48.1 cm³/mol. The fourth-order valence-corrected chi connectivity index (χ4v) is 0.425. The first kappa shape index (κ1) is 10.1. The van der Waals surface area contributed by atoms with E-state index < -0.39 is 0 Å². The van der Waals surface area contributed by atoms with E-state index in [2.05, 4.69) is 24.1 Å². The molecular formula is C8H16N2O. The highest BCUT2D eigenvalue weighted by Gasteiger charge is 1.88. The lowest BCUT2D eigenvalue weighted by Gasteiger charge is -2.00. The number of hydrogen-bond donors (Lipinski definition) is 0. The Labute approximate surface area is 68.2 Å². The van der Waals surface area contributed by atoms with Crippen molar-refractivity contribution < 1.29 is 4.74 Å². The molecule has 64 valence electrons. The van der Waals surface area contributed by atoms with E-state index in [4.69, 9.17) is 4.74 Å². The van der Waals surface area contributed by atoms with Gasteiger partial charge in [0.25, 0.3) is 0 Å². The average Bonchev–Trinajstić information content (AvgIpc) is 1.96. The highest BCUT2D eigenvalue weighted by atomic mass is 16.5. The molecule has 11 heavy (non-hydrogen) atoms. The minimum Gasteiger partial charge on any atom is -0.482 e. The second-order valence-electron chi connectivity index (χ2n) is 2.65. The molecule has 0 saturated carbocycles. The molecule has 3 heteroatoms. The molecule has 0 rings (SSSR count). The summed E-state index contributed by atoms with van der Waals surface area (Å²) in [5.74, 6) is 0.539. The standard InChI is InChI=1S/C8H16N2O/c1-4-5-9-10-7-11-6-8(2)3/h5,7-8H,4,6H2,1-3H3/b9-5-,10-7-. The molecule has 0 radical (unpaired) electrons. The molecule has 0 aliphatic carbocycles. The van der Waals surface area contributed by atoms with Gasteiger partial charge in [0, 0.05) is 6.21 Å². The summed E-state index contributed by atoms with van der Waals surface area (Å²) in [6, 6.07) is 0. The van der Waals surface area contributed by atoms with Crippen molar-refractivity contribution >= 4 is 12.6 Å². The lowest BCUT2D eigenvalue weighted by molar-refractivity contribution is 0.270. The smallest absolute Gasteiger partial charge is 0.195 e. The molecule has 0 bridgehead atoms. The number of hydrogen-bond acceptors (Lipinski definition) is 3. The summed E-state index contributed by atoms with van der Waals surface area (Å²) in [6.45, 7) is 6.88. The van der Waals surface area contributed by atoms with Crippen LogP contribution in [0.2, 0.25) is 0 Å². The molecule has 0 amide bonds. The Bertz CT molecular complexity index is 130. The van der Waals surface area contributed by atoms with E-state index in [0.717, 1.165) is 6.42 Å². The highest BCUT2D eigenvalue weighted by molar-refractivity contribution is 5.57. The van der Waals surface area contributed by atoms with Crippen LogP contribution in [0.4, 0.5) is 0 Å². The Morgan fingerprint density at radius 1 is 1.36 bits per heavy atom. The average molecular weight is 156 g/mol. The molecule has 0 aromatic carbocycles. The van der Waals surface area contributed by atoms with Gasteiger partial charge in [-0.25, -0.2) is 0 Å². The van der Waals surface area contributed by atoms with Gasteiger partial charge in [-0.05, 0) is 12.3 Å². The Kier molecular flexibility index (Phi) is 6.68. The van der Waals surface area contributed by atoms with Crippen LogP contribution < -0.4 is 0 Å². The maximum Gasteiger partial charge on any atom is 0.195 e. The van der Waals surface area contributed by atoms with Crippen molar-refractivity contribution in [1.29, 1.82) is 0 Å². The number of ether oxygens (including phenoxy) is 1. The Morgan fingerprint density at radius 3 is 2.64 bits per heavy atom. The van der Waals surface area contributed by atoms with E-state index >= 15 is 0 Å². The summed E-state index contributed by atoms with van der Waals surface area (Å²) in [7, 11) is 0. The van der Waals surface area contributed by atoms with Crippen LogP contribution in [0.1, 0.15) is 27.2 Å². The SMILES string of the molecule is CC/C=N\N=C/OCC(C)C. The van der Waals surface area contributed by atoms with Crippen LogP contribution >= 0.6 is 0 Å². The molecular weight excluding hydrogens is 140 g/mol. The zero-order chi connectivity index (χ0) is 8.53. The van der Waals surface area contributed by atoms with Crippen LogP contribution in [0.25, 0.3) is 0 Å². The Morgan fingerprint density at radius 2 is 2.09 bits per heavy atom. The van der Waals surface area contributed by atoms with E-state index in [1.54, 1.807) is 6.21 Å². The van der Waals surface area contributed by atoms with Crippen LogP contribution in [0, 0.1) is 5.92 Å². The monoisotopic (exact) mass is 156 g/mol. The molecule has 0 fully saturated rings. The molecule has 0 aliphatic heterocycles. The molecule has 0 N–H and O–H groups in total. The Balaban J connectivity index is 3.23. The molecule has 3 nitrogen and oxygen atoms in total. The maximum atomic E-state index is 5.04. The van der Waals surface area contributed by atoms with Crippen LogP contribution in [0.15, 0.2) is 10.2 Å². The fraction of sp³-hybridized carbons (Fsp3) is 0.750. The molecule has 0 aromatic rings. The Hall–Kier alpha value is -0.860. The van der Waals surface area contributed by atoms with Gasteiger partial charge in [0.15, 0.2) is 6.40 Å². The largest absolute Gasteiger partial charge is 0.482 e. The maximum absolute atomic E-state index is 5.04. The summed E-state index contributed by atoms with van der Waals surface area (Å²) in [5, 5.41) is 7.36. The van der Waals surface area contributed by atoms with Gasteiger partial charge in [0.2, 0.25) is 0 Å². The lowest BCUT2D eigenvalue weighted by Crippen LogP contribution is -1.99. The number of rotatable bonds is 5. The summed E-state index contributed by atoms with van der Waals surface area (Å²) in [6.07, 6.45) is 4.02. The van der Waals surface area contributed by atoms with Crippen molar-refractivity contribution in [3.63, 3.8) is 0 Å². The van der Waals surface area contributed by atoms with Crippen molar-refractivity contribution in [2.45, 2.75) is 27.2 Å². The van der Waals surface area contributed by atoms with Gasteiger partial charge in [0.05, 0.1) is 6.61 Å². The summed E-state index contributed by atoms with van der Waals surface area (Å²) in [4.78, 5) is 0. The van der Waals surface area contributed by atoms with Crippen LogP contribution in [-0.2, 0) is 4.74 Å². The molecule has 0 aliphatic rings. The third kappa shape index (κ3) is 9.14. The van der Waals surface area contributed by atoms with Crippen molar-refractivity contribution in [3.05, 3.63) is 0 Å². The van der Waals surface area contributed by atoms with E-state index in [1.165, 1.54) is 6.40 Å². The topological polar surface area (TPSA) is 34.0 Å². The lowest BCUT2D eigenvalue weighted by atomic mass is 10.2. The summed E-state index contributed by atoms with van der Waals surface area (Å²) < 4.78 is 5.04. The molecule has 0 atom stereocenters. The molecule has 0 aromatic heterocycles. The van der Waals surface area contributed by atoms with Crippen LogP contribution in [0.3, 0.4) is 0 Å². The first-order valence-corrected chi connectivity index (χ1v) is 3.92. The van der Waals surface area contributed by atoms with Crippen LogP contribution in [-0.4, -0.2) is 19.2 Å².